The summed E-state index contributed by atoms with van der Waals surface area (Å²) in [6.07, 6.45) is 5.60. The first-order valence-electron chi connectivity index (χ1n) is 4.60. The average Bonchev–Trinajstić information content (AvgIpc) is 2.25. The molecule has 0 bridgehead atoms. The Balaban J connectivity index is 2.87. The monoisotopic (exact) mass is 241 g/mol. The second kappa shape index (κ2) is 5.92. The summed E-state index contributed by atoms with van der Waals surface area (Å²) >= 11 is 6.81. The van der Waals surface area contributed by atoms with Gasteiger partial charge in [-0.05, 0) is 12.3 Å². The van der Waals surface area contributed by atoms with Crippen LogP contribution in [0, 0.1) is 0 Å². The lowest BCUT2D eigenvalue weighted by Crippen LogP contribution is -2.24. The highest BCUT2D eigenvalue weighted by atomic mass is 32.2. The van der Waals surface area contributed by atoms with Gasteiger partial charge in [-0.3, -0.25) is 4.98 Å². The molecule has 0 fully saturated rings. The van der Waals surface area contributed by atoms with Crippen molar-refractivity contribution in [2.45, 2.75) is 0 Å². The summed E-state index contributed by atoms with van der Waals surface area (Å²) in [5.74, 6) is 1.07. The van der Waals surface area contributed by atoms with E-state index in [2.05, 4.69) is 16.1 Å². The first-order chi connectivity index (χ1) is 7.16. The van der Waals surface area contributed by atoms with E-state index < -0.39 is 0 Å². The van der Waals surface area contributed by atoms with Crippen molar-refractivity contribution in [1.29, 1.82) is 0 Å². The maximum atomic E-state index is 5.65. The number of pyridine rings is 1. The van der Waals surface area contributed by atoms with Crippen molar-refractivity contribution in [3.8, 4) is 0 Å². The summed E-state index contributed by atoms with van der Waals surface area (Å²) in [7, 11) is 2.02. The number of anilines is 1. The molecule has 0 unspecified atom stereocenters. The molecular formula is C10H15N3S2. The molecule has 0 aromatic carbocycles. The molecule has 1 heterocycles. The molecule has 2 N–H and O–H groups in total. The zero-order valence-corrected chi connectivity index (χ0v) is 10.6. The molecule has 1 aromatic heterocycles. The second-order valence-corrected chi connectivity index (χ2v) is 4.60. The van der Waals surface area contributed by atoms with Crippen LogP contribution >= 0.6 is 24.0 Å². The predicted octanol–water partition coefficient (Wildman–Crippen LogP) is 1.52. The number of hydrogen-bond donors (Lipinski definition) is 1. The summed E-state index contributed by atoms with van der Waals surface area (Å²) in [6.45, 7) is 0.961. The van der Waals surface area contributed by atoms with E-state index in [1.165, 1.54) is 0 Å². The maximum absolute atomic E-state index is 5.65. The standard InChI is InChI=1S/C10H15N3S2/c1-13(5-6-15-2)9-7-12-4-3-8(9)10(11)14/h3-4,7H,5-6H2,1-2H3,(H2,11,14). The van der Waals surface area contributed by atoms with Crippen molar-refractivity contribution in [2.24, 2.45) is 5.73 Å². The van der Waals surface area contributed by atoms with Crippen LogP contribution in [0.5, 0.6) is 0 Å². The Morgan fingerprint density at radius 2 is 2.40 bits per heavy atom. The van der Waals surface area contributed by atoms with Gasteiger partial charge in [0, 0.05) is 31.1 Å². The fraction of sp³-hybridized carbons (Fsp3) is 0.400. The lowest BCUT2D eigenvalue weighted by molar-refractivity contribution is 0.969. The maximum Gasteiger partial charge on any atom is 0.106 e. The van der Waals surface area contributed by atoms with Crippen molar-refractivity contribution < 1.29 is 0 Å². The van der Waals surface area contributed by atoms with Gasteiger partial charge in [-0.2, -0.15) is 11.8 Å². The fourth-order valence-corrected chi connectivity index (χ4v) is 1.88. The van der Waals surface area contributed by atoms with Gasteiger partial charge in [-0.25, -0.2) is 0 Å². The van der Waals surface area contributed by atoms with Crippen molar-refractivity contribution in [2.75, 3.05) is 30.5 Å². The highest BCUT2D eigenvalue weighted by molar-refractivity contribution is 7.98. The summed E-state index contributed by atoms with van der Waals surface area (Å²) in [5.41, 5.74) is 7.54. The molecule has 1 rings (SSSR count). The molecule has 15 heavy (non-hydrogen) atoms. The Kier molecular flexibility index (Phi) is 4.84. The van der Waals surface area contributed by atoms with Crippen molar-refractivity contribution in [3.05, 3.63) is 24.0 Å². The van der Waals surface area contributed by atoms with E-state index in [4.69, 9.17) is 18.0 Å². The van der Waals surface area contributed by atoms with Crippen LogP contribution in [0.25, 0.3) is 0 Å². The van der Waals surface area contributed by atoms with Gasteiger partial charge in [-0.1, -0.05) is 12.2 Å². The molecule has 1 aromatic rings. The Morgan fingerprint density at radius 3 is 3.00 bits per heavy atom. The van der Waals surface area contributed by atoms with Crippen LogP contribution in [0.1, 0.15) is 5.56 Å². The molecule has 3 nitrogen and oxygen atoms in total. The Labute approximate surface area is 100 Å². The number of hydrogen-bond acceptors (Lipinski definition) is 4. The summed E-state index contributed by atoms with van der Waals surface area (Å²) in [5, 5.41) is 0. The van der Waals surface area contributed by atoms with E-state index in [0.29, 0.717) is 4.99 Å². The van der Waals surface area contributed by atoms with Crippen LogP contribution in [-0.2, 0) is 0 Å². The van der Waals surface area contributed by atoms with Crippen LogP contribution in [-0.4, -0.2) is 35.6 Å². The van der Waals surface area contributed by atoms with E-state index in [1.807, 2.05) is 24.9 Å². The molecule has 0 atom stereocenters. The first kappa shape index (κ1) is 12.3. The smallest absolute Gasteiger partial charge is 0.106 e. The van der Waals surface area contributed by atoms with E-state index in [1.54, 1.807) is 12.4 Å². The Morgan fingerprint density at radius 1 is 1.67 bits per heavy atom. The number of thiocarbonyl (C=S) groups is 1. The number of nitrogens with two attached hydrogens (primary N) is 1. The lowest BCUT2D eigenvalue weighted by Gasteiger charge is -2.20. The molecular weight excluding hydrogens is 226 g/mol. The largest absolute Gasteiger partial charge is 0.389 e. The molecule has 0 saturated carbocycles. The molecule has 0 amide bonds. The topological polar surface area (TPSA) is 42.2 Å². The van der Waals surface area contributed by atoms with Gasteiger partial charge >= 0.3 is 0 Å². The number of aromatic nitrogens is 1. The zero-order valence-electron chi connectivity index (χ0n) is 8.93. The normalized spacial score (nSPS) is 10.0. The first-order valence-corrected chi connectivity index (χ1v) is 6.41. The van der Waals surface area contributed by atoms with Crippen LogP contribution in [0.15, 0.2) is 18.5 Å². The van der Waals surface area contributed by atoms with Crippen LogP contribution < -0.4 is 10.6 Å². The SMILES string of the molecule is CSCCN(C)c1cnccc1C(N)=S. The highest BCUT2D eigenvalue weighted by Crippen LogP contribution is 2.17. The third-order valence-electron chi connectivity index (χ3n) is 2.11. The van der Waals surface area contributed by atoms with E-state index in [0.717, 1.165) is 23.5 Å². The summed E-state index contributed by atoms with van der Waals surface area (Å²) < 4.78 is 0. The van der Waals surface area contributed by atoms with E-state index in [9.17, 15) is 0 Å². The van der Waals surface area contributed by atoms with Crippen LogP contribution in [0.3, 0.4) is 0 Å². The lowest BCUT2D eigenvalue weighted by atomic mass is 10.2. The van der Waals surface area contributed by atoms with E-state index in [-0.39, 0.29) is 0 Å². The Bertz CT molecular complexity index is 341. The minimum atomic E-state index is 0.420. The third kappa shape index (κ3) is 3.35. The number of rotatable bonds is 5. The van der Waals surface area contributed by atoms with E-state index >= 15 is 0 Å². The second-order valence-electron chi connectivity index (χ2n) is 3.17. The zero-order chi connectivity index (χ0) is 11.3. The summed E-state index contributed by atoms with van der Waals surface area (Å²) in [4.78, 5) is 6.64. The predicted molar refractivity (Wildman–Crippen MR) is 71.8 cm³/mol. The van der Waals surface area contributed by atoms with Crippen molar-refractivity contribution >= 4 is 34.7 Å². The molecule has 0 aliphatic rings. The number of thioether (sulfide) groups is 1. The van der Waals surface area contributed by atoms with Crippen molar-refractivity contribution in [3.63, 3.8) is 0 Å². The van der Waals surface area contributed by atoms with Gasteiger partial charge < -0.3 is 10.6 Å². The van der Waals surface area contributed by atoms with Crippen molar-refractivity contribution in [1.82, 2.24) is 4.98 Å². The van der Waals surface area contributed by atoms with Gasteiger partial charge in [0.05, 0.1) is 11.9 Å². The highest BCUT2D eigenvalue weighted by Gasteiger charge is 2.08. The minimum absolute atomic E-state index is 0.420. The molecule has 82 valence electrons. The van der Waals surface area contributed by atoms with Gasteiger partial charge in [0.1, 0.15) is 4.99 Å². The third-order valence-corrected chi connectivity index (χ3v) is 2.92. The molecule has 0 aliphatic carbocycles. The quantitative estimate of drug-likeness (QED) is 0.792. The molecule has 0 radical (unpaired) electrons. The van der Waals surface area contributed by atoms with Gasteiger partial charge in [0.15, 0.2) is 0 Å². The Hall–Kier alpha value is -0.810. The summed E-state index contributed by atoms with van der Waals surface area (Å²) in [6, 6.07) is 1.85. The molecule has 5 heteroatoms. The molecule has 0 saturated heterocycles. The minimum Gasteiger partial charge on any atom is -0.389 e. The molecule has 0 aliphatic heterocycles. The van der Waals surface area contributed by atoms with Crippen LogP contribution in [0.4, 0.5) is 5.69 Å². The molecule has 0 spiro atoms. The fourth-order valence-electron chi connectivity index (χ4n) is 1.25. The van der Waals surface area contributed by atoms with Gasteiger partial charge in [0.2, 0.25) is 0 Å². The van der Waals surface area contributed by atoms with Gasteiger partial charge in [-0.15, -0.1) is 0 Å². The average molecular weight is 241 g/mol. The van der Waals surface area contributed by atoms with Crippen LogP contribution in [0.2, 0.25) is 0 Å². The van der Waals surface area contributed by atoms with Gasteiger partial charge in [0.25, 0.3) is 0 Å². The number of nitrogens with zero attached hydrogens (tertiary/aromatic N) is 2.